The SMILES string of the molecule is N#Cc1nccc(N2CCN(Cc3ccc(-n4c(-c5cccnc5N)nc5ccc(-c6ccc(F)cn6)nc54)cc3)[C@@H](C(F)(F)F)C2)n1. The van der Waals surface area contributed by atoms with E-state index in [2.05, 4.69) is 19.9 Å². The lowest BCUT2D eigenvalue weighted by molar-refractivity contribution is -0.186. The van der Waals surface area contributed by atoms with Crippen LogP contribution in [0.15, 0.2) is 85.3 Å². The molecule has 0 unspecified atom stereocenters. The minimum atomic E-state index is -4.50. The van der Waals surface area contributed by atoms with Gasteiger partial charge in [0.25, 0.3) is 0 Å². The number of aromatic nitrogens is 7. The Morgan fingerprint density at radius 2 is 1.69 bits per heavy atom. The van der Waals surface area contributed by atoms with Gasteiger partial charge in [0.15, 0.2) is 11.5 Å². The van der Waals surface area contributed by atoms with Crippen LogP contribution >= 0.6 is 0 Å². The molecular formula is C33H25F4N11. The van der Waals surface area contributed by atoms with Crippen molar-refractivity contribution < 1.29 is 17.6 Å². The van der Waals surface area contributed by atoms with Gasteiger partial charge in [-0.2, -0.15) is 18.4 Å². The van der Waals surface area contributed by atoms with Crippen molar-refractivity contribution in [3.8, 4) is 34.5 Å². The predicted octanol–water partition coefficient (Wildman–Crippen LogP) is 5.18. The maximum absolute atomic E-state index is 14.3. The smallest absolute Gasteiger partial charge is 0.383 e. The van der Waals surface area contributed by atoms with Crippen LogP contribution in [0.1, 0.15) is 11.4 Å². The van der Waals surface area contributed by atoms with Crippen molar-refractivity contribution in [3.63, 3.8) is 0 Å². The van der Waals surface area contributed by atoms with Gasteiger partial charge in [-0.05, 0) is 60.2 Å². The molecule has 0 aliphatic carbocycles. The molecule has 1 fully saturated rings. The first-order valence-corrected chi connectivity index (χ1v) is 14.8. The number of halogens is 4. The molecular weight excluding hydrogens is 626 g/mol. The third-order valence-electron chi connectivity index (χ3n) is 8.09. The van der Waals surface area contributed by atoms with Crippen LogP contribution in [0, 0.1) is 17.1 Å². The summed E-state index contributed by atoms with van der Waals surface area (Å²) in [6, 6.07) is 18.6. The van der Waals surface area contributed by atoms with Crippen LogP contribution in [-0.2, 0) is 6.54 Å². The van der Waals surface area contributed by atoms with Crippen molar-refractivity contribution in [1.29, 1.82) is 5.26 Å². The normalized spacial score (nSPS) is 15.5. The number of alkyl halides is 3. The molecule has 0 radical (unpaired) electrons. The monoisotopic (exact) mass is 651 g/mol. The van der Waals surface area contributed by atoms with Gasteiger partial charge in [-0.15, -0.1) is 0 Å². The highest BCUT2D eigenvalue weighted by atomic mass is 19.4. The molecule has 1 saturated heterocycles. The van der Waals surface area contributed by atoms with E-state index < -0.39 is 18.0 Å². The molecule has 5 aromatic heterocycles. The number of nitrogen functional groups attached to an aromatic ring is 1. The topological polar surface area (TPSA) is 139 Å². The van der Waals surface area contributed by atoms with Crippen molar-refractivity contribution in [2.45, 2.75) is 18.8 Å². The van der Waals surface area contributed by atoms with Crippen LogP contribution < -0.4 is 10.6 Å². The molecule has 240 valence electrons. The number of nitriles is 1. The van der Waals surface area contributed by atoms with Crippen molar-refractivity contribution >= 4 is 22.8 Å². The quantitative estimate of drug-likeness (QED) is 0.240. The number of fused-ring (bicyclic) bond motifs is 1. The van der Waals surface area contributed by atoms with E-state index in [4.69, 9.17) is 21.0 Å². The fourth-order valence-electron chi connectivity index (χ4n) is 5.75. The van der Waals surface area contributed by atoms with E-state index in [9.17, 15) is 17.6 Å². The minimum Gasteiger partial charge on any atom is -0.383 e. The molecule has 15 heteroatoms. The Morgan fingerprint density at radius 3 is 2.42 bits per heavy atom. The van der Waals surface area contributed by atoms with Crippen molar-refractivity contribution in [1.82, 2.24) is 39.4 Å². The zero-order valence-electron chi connectivity index (χ0n) is 25.1. The summed E-state index contributed by atoms with van der Waals surface area (Å²) >= 11 is 0. The molecule has 6 aromatic rings. The first kappa shape index (κ1) is 30.6. The molecule has 0 amide bonds. The van der Waals surface area contributed by atoms with E-state index in [1.54, 1.807) is 59.3 Å². The molecule has 2 N–H and O–H groups in total. The van der Waals surface area contributed by atoms with E-state index in [0.29, 0.717) is 51.7 Å². The third-order valence-corrected chi connectivity index (χ3v) is 8.09. The van der Waals surface area contributed by atoms with Crippen molar-refractivity contribution in [3.05, 3.63) is 103 Å². The second kappa shape index (κ2) is 12.3. The molecule has 6 heterocycles. The molecule has 1 aromatic carbocycles. The number of nitrogens with two attached hydrogens (primary N) is 1. The van der Waals surface area contributed by atoms with Crippen LogP contribution in [-0.4, -0.2) is 71.2 Å². The summed E-state index contributed by atoms with van der Waals surface area (Å²) in [4.78, 5) is 28.8. The lowest BCUT2D eigenvalue weighted by Gasteiger charge is -2.42. The number of anilines is 2. The average molecular weight is 652 g/mol. The van der Waals surface area contributed by atoms with Gasteiger partial charge in [0, 0.05) is 44.3 Å². The van der Waals surface area contributed by atoms with E-state index in [1.165, 1.54) is 34.2 Å². The van der Waals surface area contributed by atoms with Gasteiger partial charge in [-0.1, -0.05) is 12.1 Å². The molecule has 0 bridgehead atoms. The van der Waals surface area contributed by atoms with Crippen LogP contribution in [0.2, 0.25) is 0 Å². The lowest BCUT2D eigenvalue weighted by atomic mass is 10.1. The van der Waals surface area contributed by atoms with Crippen molar-refractivity contribution in [2.24, 2.45) is 0 Å². The molecule has 0 saturated carbocycles. The van der Waals surface area contributed by atoms with Gasteiger partial charge in [0.1, 0.15) is 35.1 Å². The highest BCUT2D eigenvalue weighted by Gasteiger charge is 2.46. The summed E-state index contributed by atoms with van der Waals surface area (Å²) in [5.74, 6) is 0.441. The highest BCUT2D eigenvalue weighted by molar-refractivity contribution is 5.84. The van der Waals surface area contributed by atoms with E-state index in [0.717, 1.165) is 6.20 Å². The maximum atomic E-state index is 14.3. The molecule has 1 aliphatic rings. The van der Waals surface area contributed by atoms with E-state index >= 15 is 0 Å². The Bertz CT molecular complexity index is 2140. The fraction of sp³-hybridized carbons (Fsp3) is 0.182. The number of hydrogen-bond donors (Lipinski definition) is 1. The second-order valence-electron chi connectivity index (χ2n) is 11.1. The molecule has 48 heavy (non-hydrogen) atoms. The summed E-state index contributed by atoms with van der Waals surface area (Å²) in [6.07, 6.45) is -0.448. The van der Waals surface area contributed by atoms with Crippen LogP contribution in [0.3, 0.4) is 0 Å². The Labute approximate surface area is 271 Å². The van der Waals surface area contributed by atoms with E-state index in [1.807, 2.05) is 6.07 Å². The number of piperazine rings is 1. The highest BCUT2D eigenvalue weighted by Crippen LogP contribution is 2.33. The number of rotatable bonds is 6. The first-order chi connectivity index (χ1) is 23.2. The summed E-state index contributed by atoms with van der Waals surface area (Å²) < 4.78 is 58.3. The standard InChI is InChI=1S/C33H25F4N11/c34-21-5-8-24(42-17-21)25-9-10-26-32(43-25)48(31(44-26)23-2-1-12-41-30(23)39)22-6-3-20(4-7-22)18-46-14-15-47(19-27(46)33(35,36)37)29-11-13-40-28(16-38)45-29/h1-13,17,27H,14-15,18-19H2,(H2,39,41)/t27-/m1/s1. The lowest BCUT2D eigenvalue weighted by Crippen LogP contribution is -2.58. The number of pyridine rings is 3. The van der Waals surface area contributed by atoms with Gasteiger partial charge in [0.2, 0.25) is 5.82 Å². The van der Waals surface area contributed by atoms with Gasteiger partial charge < -0.3 is 10.6 Å². The second-order valence-corrected chi connectivity index (χ2v) is 11.1. The fourth-order valence-corrected chi connectivity index (χ4v) is 5.75. The molecule has 0 spiro atoms. The first-order valence-electron chi connectivity index (χ1n) is 14.8. The van der Waals surface area contributed by atoms with Gasteiger partial charge in [-0.25, -0.2) is 29.3 Å². The third kappa shape index (κ3) is 5.96. The zero-order valence-corrected chi connectivity index (χ0v) is 25.1. The van der Waals surface area contributed by atoms with Gasteiger partial charge in [0.05, 0.1) is 23.1 Å². The van der Waals surface area contributed by atoms with Crippen LogP contribution in [0.25, 0.3) is 39.6 Å². The average Bonchev–Trinajstić information content (AvgIpc) is 3.47. The Kier molecular flexibility index (Phi) is 7.85. The number of nitrogens with zero attached hydrogens (tertiary/aromatic N) is 10. The predicted molar refractivity (Wildman–Crippen MR) is 169 cm³/mol. The molecule has 1 aliphatic heterocycles. The van der Waals surface area contributed by atoms with Gasteiger partial charge in [-0.3, -0.25) is 14.5 Å². The minimum absolute atomic E-state index is 0.0528. The van der Waals surface area contributed by atoms with Crippen LogP contribution in [0.4, 0.5) is 29.2 Å². The molecule has 1 atom stereocenters. The van der Waals surface area contributed by atoms with Crippen LogP contribution in [0.5, 0.6) is 0 Å². The summed E-state index contributed by atoms with van der Waals surface area (Å²) in [5.41, 5.74) is 10.1. The number of benzene rings is 1. The largest absolute Gasteiger partial charge is 0.405 e. The Hall–Kier alpha value is -6.01. The Morgan fingerprint density at radius 1 is 0.875 bits per heavy atom. The maximum Gasteiger partial charge on any atom is 0.405 e. The number of imidazole rings is 1. The zero-order chi connectivity index (χ0) is 33.4. The summed E-state index contributed by atoms with van der Waals surface area (Å²) in [5, 5.41) is 9.12. The number of hydrogen-bond acceptors (Lipinski definition) is 10. The van der Waals surface area contributed by atoms with Gasteiger partial charge >= 0.3 is 6.18 Å². The van der Waals surface area contributed by atoms with Crippen molar-refractivity contribution in [2.75, 3.05) is 30.3 Å². The summed E-state index contributed by atoms with van der Waals surface area (Å²) in [6.45, 7) is 0.132. The Balaban J connectivity index is 1.21. The summed E-state index contributed by atoms with van der Waals surface area (Å²) in [7, 11) is 0. The molecule has 7 rings (SSSR count). The molecule has 11 nitrogen and oxygen atoms in total. The van der Waals surface area contributed by atoms with E-state index in [-0.39, 0.29) is 37.1 Å².